The van der Waals surface area contributed by atoms with Gasteiger partial charge in [-0.25, -0.2) is 15.0 Å². The molecule has 0 spiro atoms. The first-order valence-corrected chi connectivity index (χ1v) is 13.0. The van der Waals surface area contributed by atoms with Gasteiger partial charge in [0.15, 0.2) is 4.96 Å². The molecule has 1 fully saturated rings. The Hall–Kier alpha value is -2.34. The van der Waals surface area contributed by atoms with Gasteiger partial charge in [0.1, 0.15) is 16.2 Å². The first-order chi connectivity index (χ1) is 15.5. The summed E-state index contributed by atoms with van der Waals surface area (Å²) in [4.78, 5) is 45.5. The number of fused-ring (bicyclic) bond motifs is 2. The van der Waals surface area contributed by atoms with Crippen LogP contribution in [-0.2, 0) is 11.3 Å². The van der Waals surface area contributed by atoms with Gasteiger partial charge in [-0.1, -0.05) is 11.8 Å². The first kappa shape index (κ1) is 21.5. The lowest BCUT2D eigenvalue weighted by molar-refractivity contribution is -0.130. The number of carbonyl (C=O) groups excluding carboxylic acids is 1. The van der Waals surface area contributed by atoms with Gasteiger partial charge in [-0.05, 0) is 19.4 Å². The van der Waals surface area contributed by atoms with Gasteiger partial charge in [0, 0.05) is 60.6 Å². The lowest BCUT2D eigenvalue weighted by Crippen LogP contribution is -2.49. The fraction of sp³-hybridized carbons (Fsp3) is 0.381. The Morgan fingerprint density at radius 2 is 2.00 bits per heavy atom. The number of aromatic nitrogens is 4. The standard InChI is InChI=1S/C21H22N6O2S3/c1-13-14(2)32-20-18(13)19(22-12-23-20)31-11-17(29)26-5-3-25(4-6-26)10-15-9-16(28)27-7-8-30-21(27)24-15/h7-9,12H,3-6,10-11H2,1-2H3. The lowest BCUT2D eigenvalue weighted by Gasteiger charge is -2.34. The highest BCUT2D eigenvalue weighted by Crippen LogP contribution is 2.34. The van der Waals surface area contributed by atoms with Crippen LogP contribution in [0.2, 0.25) is 0 Å². The molecule has 0 bridgehead atoms. The molecule has 1 saturated heterocycles. The maximum absolute atomic E-state index is 12.8. The molecule has 4 aromatic heterocycles. The van der Waals surface area contributed by atoms with Crippen molar-refractivity contribution in [1.29, 1.82) is 0 Å². The number of hydrogen-bond acceptors (Lipinski definition) is 9. The molecule has 32 heavy (non-hydrogen) atoms. The molecule has 0 aromatic carbocycles. The second-order valence-electron chi connectivity index (χ2n) is 7.73. The zero-order chi connectivity index (χ0) is 22.2. The number of rotatable bonds is 5. The van der Waals surface area contributed by atoms with Crippen molar-refractivity contribution in [2.75, 3.05) is 31.9 Å². The molecule has 5 rings (SSSR count). The largest absolute Gasteiger partial charge is 0.339 e. The van der Waals surface area contributed by atoms with Crippen LogP contribution in [0.25, 0.3) is 15.2 Å². The molecular formula is C21H22N6O2S3. The van der Waals surface area contributed by atoms with Crippen LogP contribution in [0, 0.1) is 13.8 Å². The molecule has 8 nitrogen and oxygen atoms in total. The summed E-state index contributed by atoms with van der Waals surface area (Å²) in [5.41, 5.74) is 1.93. The third kappa shape index (κ3) is 4.17. The highest BCUT2D eigenvalue weighted by molar-refractivity contribution is 8.00. The first-order valence-electron chi connectivity index (χ1n) is 10.3. The van der Waals surface area contributed by atoms with Crippen molar-refractivity contribution in [3.63, 3.8) is 0 Å². The van der Waals surface area contributed by atoms with E-state index in [0.717, 1.165) is 34.0 Å². The van der Waals surface area contributed by atoms with Gasteiger partial charge in [0.05, 0.1) is 11.4 Å². The summed E-state index contributed by atoms with van der Waals surface area (Å²) in [6.45, 7) is 7.68. The summed E-state index contributed by atoms with van der Waals surface area (Å²) in [7, 11) is 0. The summed E-state index contributed by atoms with van der Waals surface area (Å²) in [5.74, 6) is 0.496. The Kier molecular flexibility index (Phi) is 5.97. The number of amides is 1. The molecule has 0 radical (unpaired) electrons. The monoisotopic (exact) mass is 486 g/mol. The molecule has 11 heteroatoms. The van der Waals surface area contributed by atoms with Gasteiger partial charge >= 0.3 is 0 Å². The summed E-state index contributed by atoms with van der Waals surface area (Å²) in [6.07, 6.45) is 3.32. The highest BCUT2D eigenvalue weighted by Gasteiger charge is 2.22. The Morgan fingerprint density at radius 1 is 1.19 bits per heavy atom. The Bertz CT molecular complexity index is 1350. The molecule has 166 valence electrons. The molecule has 4 aromatic rings. The topological polar surface area (TPSA) is 83.7 Å². The van der Waals surface area contributed by atoms with Crippen LogP contribution in [0.5, 0.6) is 0 Å². The molecule has 1 amide bonds. The zero-order valence-electron chi connectivity index (χ0n) is 17.8. The van der Waals surface area contributed by atoms with E-state index in [2.05, 4.69) is 33.7 Å². The molecule has 0 atom stereocenters. The van der Waals surface area contributed by atoms with Crippen LogP contribution in [-0.4, -0.2) is 67.0 Å². The predicted molar refractivity (Wildman–Crippen MR) is 129 cm³/mol. The third-order valence-electron chi connectivity index (χ3n) is 5.73. The number of thiophene rings is 1. The van der Waals surface area contributed by atoms with Crippen LogP contribution in [0.1, 0.15) is 16.1 Å². The number of thiazole rings is 1. The average molecular weight is 487 g/mol. The van der Waals surface area contributed by atoms with E-state index in [0.29, 0.717) is 30.3 Å². The van der Waals surface area contributed by atoms with Crippen molar-refractivity contribution in [2.24, 2.45) is 0 Å². The zero-order valence-corrected chi connectivity index (χ0v) is 20.2. The van der Waals surface area contributed by atoms with E-state index in [1.54, 1.807) is 34.3 Å². The molecule has 0 saturated carbocycles. The summed E-state index contributed by atoms with van der Waals surface area (Å²) < 4.78 is 1.56. The van der Waals surface area contributed by atoms with Crippen LogP contribution >= 0.6 is 34.4 Å². The summed E-state index contributed by atoms with van der Waals surface area (Å²) in [6, 6.07) is 1.60. The Morgan fingerprint density at radius 3 is 2.81 bits per heavy atom. The van der Waals surface area contributed by atoms with E-state index in [1.165, 1.54) is 33.5 Å². The van der Waals surface area contributed by atoms with Crippen molar-refractivity contribution >= 4 is 55.5 Å². The van der Waals surface area contributed by atoms with E-state index >= 15 is 0 Å². The SMILES string of the molecule is Cc1sc2ncnc(SCC(=O)N3CCN(Cc4cc(=O)n5ccsc5n4)CC3)c2c1C. The fourth-order valence-electron chi connectivity index (χ4n) is 3.83. The Balaban J connectivity index is 1.17. The average Bonchev–Trinajstić information content (AvgIpc) is 3.37. The predicted octanol–water partition coefficient (Wildman–Crippen LogP) is 2.81. The van der Waals surface area contributed by atoms with E-state index < -0.39 is 0 Å². The van der Waals surface area contributed by atoms with Gasteiger partial charge in [0.2, 0.25) is 5.91 Å². The number of nitrogens with zero attached hydrogens (tertiary/aromatic N) is 6. The van der Waals surface area contributed by atoms with E-state index in [4.69, 9.17) is 0 Å². The van der Waals surface area contributed by atoms with Crippen molar-refractivity contribution in [2.45, 2.75) is 25.4 Å². The second kappa shape index (κ2) is 8.89. The minimum absolute atomic E-state index is 0.0491. The summed E-state index contributed by atoms with van der Waals surface area (Å²) >= 11 is 4.62. The number of thioether (sulfide) groups is 1. The lowest BCUT2D eigenvalue weighted by atomic mass is 10.2. The maximum atomic E-state index is 12.8. The van der Waals surface area contributed by atoms with E-state index in [-0.39, 0.29) is 11.5 Å². The normalized spacial score (nSPS) is 15.1. The number of piperazine rings is 1. The third-order valence-corrected chi connectivity index (χ3v) is 8.58. The van der Waals surface area contributed by atoms with Crippen LogP contribution < -0.4 is 5.56 Å². The molecule has 0 N–H and O–H groups in total. The molecule has 0 aliphatic carbocycles. The number of hydrogen-bond donors (Lipinski definition) is 0. The van der Waals surface area contributed by atoms with Crippen LogP contribution in [0.4, 0.5) is 0 Å². The smallest absolute Gasteiger partial charge is 0.258 e. The van der Waals surface area contributed by atoms with Crippen molar-refractivity contribution in [3.05, 3.63) is 50.5 Å². The van der Waals surface area contributed by atoms with Gasteiger partial charge in [-0.3, -0.25) is 18.9 Å². The highest BCUT2D eigenvalue weighted by atomic mass is 32.2. The molecule has 1 aliphatic rings. The van der Waals surface area contributed by atoms with Crippen molar-refractivity contribution in [3.8, 4) is 0 Å². The quantitative estimate of drug-likeness (QED) is 0.317. The number of carbonyl (C=O) groups is 1. The van der Waals surface area contributed by atoms with Gasteiger partial charge in [0.25, 0.3) is 5.56 Å². The summed E-state index contributed by atoms with van der Waals surface area (Å²) in [5, 5.41) is 3.82. The minimum Gasteiger partial charge on any atom is -0.339 e. The van der Waals surface area contributed by atoms with Gasteiger partial charge < -0.3 is 4.90 Å². The number of aryl methyl sites for hydroxylation is 2. The van der Waals surface area contributed by atoms with Crippen molar-refractivity contribution < 1.29 is 4.79 Å². The maximum Gasteiger partial charge on any atom is 0.258 e. The van der Waals surface area contributed by atoms with Gasteiger partial charge in [-0.15, -0.1) is 22.7 Å². The molecule has 5 heterocycles. The Labute approximate surface area is 196 Å². The van der Waals surface area contributed by atoms with E-state index in [1.807, 2.05) is 10.3 Å². The molecule has 0 unspecified atom stereocenters. The van der Waals surface area contributed by atoms with Gasteiger partial charge in [-0.2, -0.15) is 0 Å². The van der Waals surface area contributed by atoms with E-state index in [9.17, 15) is 9.59 Å². The molecular weight excluding hydrogens is 464 g/mol. The fourth-order valence-corrected chi connectivity index (χ4v) is 6.59. The molecule has 1 aliphatic heterocycles. The second-order valence-corrected chi connectivity index (χ2v) is 10.8. The van der Waals surface area contributed by atoms with Crippen LogP contribution in [0.3, 0.4) is 0 Å². The van der Waals surface area contributed by atoms with Crippen LogP contribution in [0.15, 0.2) is 33.8 Å². The van der Waals surface area contributed by atoms with Crippen molar-refractivity contribution in [1.82, 2.24) is 29.2 Å². The minimum atomic E-state index is -0.0491.